The summed E-state index contributed by atoms with van der Waals surface area (Å²) >= 11 is 0. The maximum atomic E-state index is 13.5. The van der Waals surface area contributed by atoms with E-state index in [0.29, 0.717) is 42.5 Å². The van der Waals surface area contributed by atoms with Crippen molar-refractivity contribution in [2.75, 3.05) is 35.2 Å². The van der Waals surface area contributed by atoms with E-state index in [1.807, 2.05) is 20.8 Å². The molecule has 12 heteroatoms. The molecule has 0 spiro atoms. The normalized spacial score (nSPS) is 26.7. The molecule has 1 unspecified atom stereocenters. The Labute approximate surface area is 206 Å². The van der Waals surface area contributed by atoms with Gasteiger partial charge in [-0.2, -0.15) is 18.2 Å². The maximum Gasteiger partial charge on any atom is 0.419 e. The molecule has 36 heavy (non-hydrogen) atoms. The van der Waals surface area contributed by atoms with Gasteiger partial charge in [-0.25, -0.2) is 14.8 Å². The zero-order valence-electron chi connectivity index (χ0n) is 20.3. The Balaban J connectivity index is 1.30. The number of rotatable bonds is 3. The predicted molar refractivity (Wildman–Crippen MR) is 126 cm³/mol. The molecule has 0 aromatic carbocycles. The number of nitrogen functional groups attached to an aromatic ring is 1. The van der Waals surface area contributed by atoms with Gasteiger partial charge in [0.05, 0.1) is 23.3 Å². The molecule has 7 rings (SSSR count). The van der Waals surface area contributed by atoms with Crippen molar-refractivity contribution in [3.63, 3.8) is 0 Å². The number of nitrogens with two attached hydrogens (primary N) is 1. The fourth-order valence-corrected chi connectivity index (χ4v) is 5.51. The molecule has 6 heterocycles. The minimum absolute atomic E-state index is 0.0244. The monoisotopic (exact) mass is 503 g/mol. The highest BCUT2D eigenvalue weighted by atomic mass is 19.4. The van der Waals surface area contributed by atoms with Gasteiger partial charge in [0.1, 0.15) is 17.2 Å². The van der Waals surface area contributed by atoms with Gasteiger partial charge in [0, 0.05) is 43.5 Å². The van der Waals surface area contributed by atoms with Crippen LogP contribution in [0.5, 0.6) is 0 Å². The third-order valence-electron chi connectivity index (χ3n) is 7.52. The number of fused-ring (bicyclic) bond motifs is 2. The molecule has 1 saturated carbocycles. The first kappa shape index (κ1) is 23.1. The number of aromatic nitrogens is 3. The Morgan fingerprint density at radius 3 is 2.39 bits per heavy atom. The number of carbonyl (C=O) groups is 1. The Kier molecular flexibility index (Phi) is 4.88. The first-order valence-corrected chi connectivity index (χ1v) is 12.1. The summed E-state index contributed by atoms with van der Waals surface area (Å²) in [6.45, 7) is 7.42. The van der Waals surface area contributed by atoms with Crippen LogP contribution in [0.3, 0.4) is 0 Å². The average molecular weight is 504 g/mol. The van der Waals surface area contributed by atoms with E-state index in [2.05, 4.69) is 19.8 Å². The van der Waals surface area contributed by atoms with Gasteiger partial charge in [-0.1, -0.05) is 0 Å². The molecule has 2 N–H and O–H groups in total. The van der Waals surface area contributed by atoms with Crippen molar-refractivity contribution in [3.05, 3.63) is 23.9 Å². The van der Waals surface area contributed by atoms with Crippen molar-refractivity contribution in [2.24, 2.45) is 5.92 Å². The molecule has 9 nitrogen and oxygen atoms in total. The van der Waals surface area contributed by atoms with Crippen molar-refractivity contribution in [2.45, 2.75) is 63.5 Å². The van der Waals surface area contributed by atoms with Crippen LogP contribution in [0, 0.1) is 5.92 Å². The lowest BCUT2D eigenvalue weighted by Crippen LogP contribution is -2.80. The van der Waals surface area contributed by atoms with E-state index in [4.69, 9.17) is 15.5 Å². The fraction of sp³-hybridized carbons (Fsp3) is 0.583. The smallest absolute Gasteiger partial charge is 0.419 e. The van der Waals surface area contributed by atoms with Gasteiger partial charge in [0.2, 0.25) is 5.95 Å². The van der Waals surface area contributed by atoms with Gasteiger partial charge >= 0.3 is 12.3 Å². The number of pyridine rings is 1. The maximum absolute atomic E-state index is 13.5. The number of hydrogen-bond donors (Lipinski definition) is 1. The summed E-state index contributed by atoms with van der Waals surface area (Å²) in [4.78, 5) is 31.7. The molecule has 1 amide bonds. The number of piperazine rings is 1. The number of ether oxygens (including phenoxy) is 1. The van der Waals surface area contributed by atoms with Gasteiger partial charge in [-0.3, -0.25) is 4.90 Å². The molecule has 4 saturated heterocycles. The van der Waals surface area contributed by atoms with Crippen LogP contribution >= 0.6 is 0 Å². The van der Waals surface area contributed by atoms with Crippen molar-refractivity contribution >= 4 is 23.7 Å². The quantitative estimate of drug-likeness (QED) is 0.679. The van der Waals surface area contributed by atoms with E-state index < -0.39 is 23.2 Å². The topological polar surface area (TPSA) is 101 Å². The number of hydrogen-bond acceptors (Lipinski definition) is 8. The molecule has 2 bridgehead atoms. The number of likely N-dealkylation sites (tertiary alicyclic amines) is 1. The Morgan fingerprint density at radius 1 is 1.06 bits per heavy atom. The minimum atomic E-state index is -4.62. The zero-order valence-corrected chi connectivity index (χ0v) is 20.3. The summed E-state index contributed by atoms with van der Waals surface area (Å²) in [7, 11) is 0. The van der Waals surface area contributed by atoms with Crippen molar-refractivity contribution in [1.82, 2.24) is 19.9 Å². The first-order valence-electron chi connectivity index (χ1n) is 12.1. The van der Waals surface area contributed by atoms with Crippen LogP contribution in [-0.2, 0) is 10.9 Å². The zero-order chi connectivity index (χ0) is 25.6. The van der Waals surface area contributed by atoms with Crippen LogP contribution < -0.4 is 15.5 Å². The van der Waals surface area contributed by atoms with Crippen LogP contribution in [0.2, 0.25) is 0 Å². The molecule has 2 aromatic rings. The number of amides is 1. The molecule has 4 aliphatic heterocycles. The van der Waals surface area contributed by atoms with E-state index in [9.17, 15) is 18.0 Å². The number of alkyl halides is 3. The molecule has 0 radical (unpaired) electrons. The first-order chi connectivity index (χ1) is 16.9. The second-order valence-corrected chi connectivity index (χ2v) is 11.1. The van der Waals surface area contributed by atoms with E-state index >= 15 is 0 Å². The van der Waals surface area contributed by atoms with Crippen LogP contribution in [-0.4, -0.2) is 69.3 Å². The van der Waals surface area contributed by atoms with Crippen LogP contribution in [0.1, 0.15) is 39.2 Å². The summed E-state index contributed by atoms with van der Waals surface area (Å²) in [6, 6.07) is 3.16. The van der Waals surface area contributed by atoms with E-state index in [1.54, 1.807) is 11.0 Å². The lowest BCUT2D eigenvalue weighted by Gasteiger charge is -2.61. The van der Waals surface area contributed by atoms with Gasteiger partial charge in [-0.15, -0.1) is 0 Å². The fourth-order valence-electron chi connectivity index (χ4n) is 5.51. The predicted octanol–water partition coefficient (Wildman–Crippen LogP) is 3.55. The summed E-state index contributed by atoms with van der Waals surface area (Å²) in [5.74, 6) is 1.20. The molecule has 1 aliphatic carbocycles. The van der Waals surface area contributed by atoms with Gasteiger partial charge in [-0.05, 0) is 45.6 Å². The lowest BCUT2D eigenvalue weighted by atomic mass is 9.86. The van der Waals surface area contributed by atoms with Crippen LogP contribution in [0.15, 0.2) is 18.3 Å². The number of carbonyl (C=O) groups excluding carboxylic acids is 1. The molecule has 2 aromatic heterocycles. The molecular weight excluding hydrogens is 475 g/mol. The van der Waals surface area contributed by atoms with Crippen LogP contribution in [0.4, 0.5) is 35.5 Å². The highest BCUT2D eigenvalue weighted by molar-refractivity contribution is 5.73. The largest absolute Gasteiger partial charge is 0.444 e. The number of halogens is 3. The highest BCUT2D eigenvalue weighted by Crippen LogP contribution is 2.44. The molecule has 192 valence electrons. The van der Waals surface area contributed by atoms with E-state index in [-0.39, 0.29) is 23.7 Å². The highest BCUT2D eigenvalue weighted by Gasteiger charge is 2.55. The minimum Gasteiger partial charge on any atom is -0.444 e. The number of nitrogens with zero attached hydrogens (tertiary/aromatic N) is 6. The van der Waals surface area contributed by atoms with Gasteiger partial charge in [0.25, 0.3) is 0 Å². The Morgan fingerprint density at radius 2 is 1.81 bits per heavy atom. The van der Waals surface area contributed by atoms with E-state index in [0.717, 1.165) is 25.5 Å². The third kappa shape index (κ3) is 3.77. The van der Waals surface area contributed by atoms with Crippen molar-refractivity contribution in [1.29, 1.82) is 0 Å². The third-order valence-corrected chi connectivity index (χ3v) is 7.52. The summed E-state index contributed by atoms with van der Waals surface area (Å²) in [6.07, 6.45) is -1.47. The second-order valence-electron chi connectivity index (χ2n) is 11.1. The van der Waals surface area contributed by atoms with Crippen LogP contribution in [0.25, 0.3) is 11.3 Å². The van der Waals surface area contributed by atoms with E-state index in [1.165, 1.54) is 6.20 Å². The SMILES string of the molecule is CC(C)(C)OC(=O)N1CC2[C@H]1CN2c1cc(-c2cnc(N)c(C(F)(F)F)c2)nc(N2CC3CC2C3)n1. The Bertz CT molecular complexity index is 1230. The van der Waals surface area contributed by atoms with Crippen molar-refractivity contribution in [3.8, 4) is 11.3 Å². The summed E-state index contributed by atoms with van der Waals surface area (Å²) in [5, 5.41) is 0. The molecule has 5 fully saturated rings. The lowest BCUT2D eigenvalue weighted by molar-refractivity contribution is -0.137. The molecule has 2 atom stereocenters. The molecule has 5 aliphatic rings. The molecular formula is C24H28F3N7O2. The average Bonchev–Trinajstić information content (AvgIpc) is 3.34. The van der Waals surface area contributed by atoms with Gasteiger partial charge < -0.3 is 20.3 Å². The van der Waals surface area contributed by atoms with Gasteiger partial charge in [0.15, 0.2) is 0 Å². The summed E-state index contributed by atoms with van der Waals surface area (Å²) in [5.41, 5.74) is 4.55. The number of anilines is 3. The Hall–Kier alpha value is -3.31. The second kappa shape index (κ2) is 7.59. The summed E-state index contributed by atoms with van der Waals surface area (Å²) < 4.78 is 46.0. The standard InChI is InChI=1S/C24H28F3N7O2/c1-23(2,3)36-22(35)34-11-17-18(34)10-33(17)19-7-16(13-6-15(24(25,26)27)20(28)29-8-13)30-21(31-19)32-9-12-4-14(32)5-12/h6-8,12,14,17-18H,4-5,9-11H2,1-3H3,(H2,28,29)/t12?,14?,17?,18-/m1/s1. The van der Waals surface area contributed by atoms with Crippen molar-refractivity contribution < 1.29 is 22.7 Å².